The Balaban J connectivity index is 1.02. The molecule has 0 unspecified atom stereocenters. The van der Waals surface area contributed by atoms with Crippen LogP contribution >= 0.6 is 0 Å². The summed E-state index contributed by atoms with van der Waals surface area (Å²) in [5.74, 6) is 0. The van der Waals surface area contributed by atoms with Crippen LogP contribution in [0.3, 0.4) is 0 Å². The fourth-order valence-electron chi connectivity index (χ4n) is 20.1. The molecule has 5 aliphatic rings. The average molecular weight is 1280 g/mol. The van der Waals surface area contributed by atoms with Crippen LogP contribution in [0.25, 0.3) is 122 Å². The Morgan fingerprint density at radius 1 is 0.180 bits per heavy atom. The van der Waals surface area contributed by atoms with Crippen LogP contribution in [-0.4, -0.2) is 0 Å². The van der Waals surface area contributed by atoms with Gasteiger partial charge in [0.1, 0.15) is 0 Å². The first-order valence-electron chi connectivity index (χ1n) is 36.0. The zero-order valence-corrected chi connectivity index (χ0v) is 59.1. The normalized spacial score (nSPS) is 15.6. The van der Waals surface area contributed by atoms with E-state index in [9.17, 15) is 0 Å². The predicted octanol–water partition coefficient (Wildman–Crippen LogP) is 26.2. The summed E-state index contributed by atoms with van der Waals surface area (Å²) >= 11 is 0. The zero-order valence-electron chi connectivity index (χ0n) is 59.1. The van der Waals surface area contributed by atoms with E-state index in [4.69, 9.17) is 0 Å². The maximum atomic E-state index is 2.65. The SMILES string of the molecule is Cc1cc(C)c(-c2cccc3c2-c2ccc(-c4ccccc4)cc2C3(c2cc(-c3cccc4c3-c3ccccc3C4(C)C)cc(-c3cccc4c3-c3ccccc3C4(C)C)c2)c2cc(-c3cccc4c3-c3ccccc3C4(C)C)cc(-c3cccc4c3-c3ccccc3C4(C)C)c2)c(C)c1. The van der Waals surface area contributed by atoms with Crippen molar-refractivity contribution in [3.63, 3.8) is 0 Å². The molecule has 0 heteroatoms. The lowest BCUT2D eigenvalue weighted by molar-refractivity contribution is 0.660. The Hall–Kier alpha value is -10.9. The van der Waals surface area contributed by atoms with E-state index in [1.54, 1.807) is 0 Å². The molecule has 480 valence electrons. The van der Waals surface area contributed by atoms with Crippen molar-refractivity contribution in [1.29, 1.82) is 0 Å². The molecule has 0 amide bonds. The van der Waals surface area contributed by atoms with Crippen molar-refractivity contribution >= 4 is 0 Å². The van der Waals surface area contributed by atoms with Gasteiger partial charge in [-0.25, -0.2) is 0 Å². The highest BCUT2D eigenvalue weighted by atomic mass is 14.5. The third-order valence-corrected chi connectivity index (χ3v) is 24.6. The monoisotopic (exact) mass is 1280 g/mol. The van der Waals surface area contributed by atoms with Crippen LogP contribution in [0.4, 0.5) is 0 Å². The molecule has 0 fully saturated rings. The molecule has 0 saturated carbocycles. The summed E-state index contributed by atoms with van der Waals surface area (Å²) in [7, 11) is 0. The van der Waals surface area contributed by atoms with Crippen LogP contribution in [0.15, 0.2) is 285 Å². The van der Waals surface area contributed by atoms with Crippen LogP contribution in [0.1, 0.15) is 139 Å². The predicted molar refractivity (Wildman–Crippen MR) is 421 cm³/mol. The van der Waals surface area contributed by atoms with Gasteiger partial charge in [-0.15, -0.1) is 0 Å². The highest BCUT2D eigenvalue weighted by molar-refractivity contribution is 6.03. The molecule has 5 aliphatic carbocycles. The first-order valence-corrected chi connectivity index (χ1v) is 36.0. The van der Waals surface area contributed by atoms with E-state index in [-0.39, 0.29) is 21.7 Å². The summed E-state index contributed by atoms with van der Waals surface area (Å²) in [4.78, 5) is 0. The van der Waals surface area contributed by atoms with Gasteiger partial charge in [0.25, 0.3) is 0 Å². The number of hydrogen-bond donors (Lipinski definition) is 0. The Morgan fingerprint density at radius 2 is 0.470 bits per heavy atom. The highest BCUT2D eigenvalue weighted by Gasteiger charge is 2.50. The van der Waals surface area contributed by atoms with Crippen molar-refractivity contribution in [2.45, 2.75) is 103 Å². The molecule has 0 nitrogen and oxygen atoms in total. The molecule has 0 aromatic heterocycles. The van der Waals surface area contributed by atoms with E-state index in [0.717, 1.165) is 0 Å². The maximum Gasteiger partial charge on any atom is 0.0714 e. The molecule has 0 bridgehead atoms. The second-order valence-corrected chi connectivity index (χ2v) is 31.6. The summed E-state index contributed by atoms with van der Waals surface area (Å²) in [6, 6.07) is 112. The third-order valence-electron chi connectivity index (χ3n) is 24.6. The summed E-state index contributed by atoms with van der Waals surface area (Å²) in [5, 5.41) is 0. The van der Waals surface area contributed by atoms with Gasteiger partial charge in [-0.1, -0.05) is 304 Å². The molecule has 0 radical (unpaired) electrons. The second kappa shape index (κ2) is 21.3. The quantitative estimate of drug-likeness (QED) is 0.142. The number of rotatable bonds is 8. The lowest BCUT2D eigenvalue weighted by Gasteiger charge is -2.36. The number of hydrogen-bond acceptors (Lipinski definition) is 0. The molecule has 100 heavy (non-hydrogen) atoms. The molecule has 0 saturated heterocycles. The molecule has 0 aliphatic heterocycles. The van der Waals surface area contributed by atoms with Crippen molar-refractivity contribution in [3.05, 3.63) is 369 Å². The Labute approximate surface area is 590 Å². The Bertz CT molecular complexity index is 5330. The minimum absolute atomic E-state index is 0.212. The fourth-order valence-corrected chi connectivity index (χ4v) is 20.1. The Morgan fingerprint density at radius 3 is 0.840 bits per heavy atom. The van der Waals surface area contributed by atoms with Gasteiger partial charge in [0.05, 0.1) is 5.41 Å². The lowest BCUT2D eigenvalue weighted by Crippen LogP contribution is -2.29. The second-order valence-electron chi connectivity index (χ2n) is 31.6. The summed E-state index contributed by atoms with van der Waals surface area (Å²) in [6.45, 7) is 26.3. The lowest BCUT2D eigenvalue weighted by atomic mass is 9.65. The van der Waals surface area contributed by atoms with Gasteiger partial charge in [0.2, 0.25) is 0 Å². The van der Waals surface area contributed by atoms with E-state index in [1.165, 1.54) is 206 Å². The van der Waals surface area contributed by atoms with E-state index in [0.29, 0.717) is 0 Å². The number of benzene rings is 14. The van der Waals surface area contributed by atoms with E-state index in [1.807, 2.05) is 0 Å². The standard InChI is InChI=1S/C100H80/c1-59-50-60(2)90(61(3)51-59)79-38-27-47-88-95(79)78-49-48-63(62-28-13-12-14-29-62)58-89(78)100(88,68-54-64(70-34-23-43-84-91(70)74-30-15-19-39-80(74)96(84,4)5)52-65(55-68)71-35-24-44-85-92(71)75-31-16-20-40-81(75)97(85,6)7)69-56-66(72-36-25-45-86-93(72)76-32-17-21-41-82(76)98(86,8)9)53-67(57-69)73-37-26-46-87-94(73)77-33-18-22-42-83(77)99(87,10)11/h12-58H,1-11H3. The van der Waals surface area contributed by atoms with Gasteiger partial charge < -0.3 is 0 Å². The molecular formula is C100H80. The molecule has 0 heterocycles. The molecule has 0 atom stereocenters. The van der Waals surface area contributed by atoms with Crippen LogP contribution in [0.5, 0.6) is 0 Å². The van der Waals surface area contributed by atoms with Crippen LogP contribution in [0.2, 0.25) is 0 Å². The van der Waals surface area contributed by atoms with Crippen molar-refractivity contribution < 1.29 is 0 Å². The number of aryl methyl sites for hydroxylation is 3. The van der Waals surface area contributed by atoms with E-state index >= 15 is 0 Å². The van der Waals surface area contributed by atoms with Crippen LogP contribution in [-0.2, 0) is 27.1 Å². The zero-order chi connectivity index (χ0) is 68.1. The largest absolute Gasteiger partial charge is 0.0714 e. The topological polar surface area (TPSA) is 0 Å². The van der Waals surface area contributed by atoms with Crippen molar-refractivity contribution in [1.82, 2.24) is 0 Å². The van der Waals surface area contributed by atoms with Crippen LogP contribution in [0, 0.1) is 20.8 Å². The van der Waals surface area contributed by atoms with Gasteiger partial charge in [0, 0.05) is 21.7 Å². The van der Waals surface area contributed by atoms with Gasteiger partial charge in [-0.3, -0.25) is 0 Å². The first kappa shape index (κ1) is 60.3. The van der Waals surface area contributed by atoms with E-state index < -0.39 is 5.41 Å². The molecule has 14 aromatic rings. The van der Waals surface area contributed by atoms with Gasteiger partial charge in [-0.05, 0) is 264 Å². The smallest absolute Gasteiger partial charge is 0.0622 e. The molecule has 19 rings (SSSR count). The summed E-state index contributed by atoms with van der Waals surface area (Å²) in [5.41, 5.74) is 45.7. The maximum absolute atomic E-state index is 2.65. The fraction of sp³-hybridized carbons (Fsp3) is 0.160. The highest BCUT2D eigenvalue weighted by Crippen LogP contribution is 2.64. The first-order chi connectivity index (χ1) is 48.4. The molecular weight excluding hydrogens is 1200 g/mol. The van der Waals surface area contributed by atoms with Crippen molar-refractivity contribution in [2.75, 3.05) is 0 Å². The van der Waals surface area contributed by atoms with Gasteiger partial charge in [0.15, 0.2) is 0 Å². The number of fused-ring (bicyclic) bond motifs is 15. The van der Waals surface area contributed by atoms with Gasteiger partial charge in [-0.2, -0.15) is 0 Å². The molecule has 0 spiro atoms. The van der Waals surface area contributed by atoms with Gasteiger partial charge >= 0.3 is 0 Å². The minimum atomic E-state index is -0.970. The molecule has 0 N–H and O–H groups in total. The minimum Gasteiger partial charge on any atom is -0.0622 e. The summed E-state index contributed by atoms with van der Waals surface area (Å²) in [6.07, 6.45) is 0. The van der Waals surface area contributed by atoms with Crippen molar-refractivity contribution in [3.8, 4) is 122 Å². The molecule has 14 aromatic carbocycles. The summed E-state index contributed by atoms with van der Waals surface area (Å²) < 4.78 is 0. The third kappa shape index (κ3) is 8.23. The Kier molecular flexibility index (Phi) is 12.8. The van der Waals surface area contributed by atoms with Crippen LogP contribution < -0.4 is 0 Å². The van der Waals surface area contributed by atoms with E-state index in [2.05, 4.69) is 361 Å². The average Bonchev–Trinajstić information content (AvgIpc) is 1.48. The van der Waals surface area contributed by atoms with Crippen molar-refractivity contribution in [2.24, 2.45) is 0 Å².